The van der Waals surface area contributed by atoms with E-state index < -0.39 is 0 Å². The molecule has 7 rings (SSSR count). The van der Waals surface area contributed by atoms with Gasteiger partial charge < -0.3 is 4.90 Å². The minimum Gasteiger partial charge on any atom is -0.309 e. The number of anilines is 3. The highest BCUT2D eigenvalue weighted by molar-refractivity contribution is 6.13. The summed E-state index contributed by atoms with van der Waals surface area (Å²) in [4.78, 5) is 7.70. The summed E-state index contributed by atoms with van der Waals surface area (Å²) in [5.41, 5.74) is 12.6. The molecule has 0 radical (unpaired) electrons. The highest BCUT2D eigenvalue weighted by Gasteiger charge is 2.28. The summed E-state index contributed by atoms with van der Waals surface area (Å²) < 4.78 is 0. The van der Waals surface area contributed by atoms with Crippen LogP contribution in [0.1, 0.15) is 25.8 Å². The van der Waals surface area contributed by atoms with Crippen LogP contribution in [0.2, 0.25) is 0 Å². The predicted octanol–water partition coefficient (Wildman–Crippen LogP) is 11.4. The fraction of sp³-hybridized carbons (Fsp3) is 0.0750. The molecule has 0 saturated heterocycles. The van der Waals surface area contributed by atoms with Crippen molar-refractivity contribution < 1.29 is 0 Å². The highest BCUT2D eigenvalue weighted by Crippen LogP contribution is 2.51. The molecule has 0 saturated carbocycles. The Balaban J connectivity index is 1.48. The van der Waals surface area contributed by atoms with Crippen molar-refractivity contribution in [1.82, 2.24) is 4.98 Å². The van der Waals surface area contributed by atoms with E-state index in [4.69, 9.17) is 4.98 Å². The first-order chi connectivity index (χ1) is 20.7. The van der Waals surface area contributed by atoms with Crippen molar-refractivity contribution in [3.05, 3.63) is 151 Å². The number of benzene rings is 5. The highest BCUT2D eigenvalue weighted by atomic mass is 15.2. The van der Waals surface area contributed by atoms with Crippen LogP contribution in [-0.2, 0) is 0 Å². The monoisotopic (exact) mass is 540 g/mol. The van der Waals surface area contributed by atoms with Gasteiger partial charge in [0.05, 0.1) is 22.8 Å². The average molecular weight is 541 g/mol. The number of rotatable bonds is 6. The van der Waals surface area contributed by atoms with Crippen LogP contribution in [0.25, 0.3) is 50.0 Å². The van der Waals surface area contributed by atoms with Gasteiger partial charge in [0, 0.05) is 22.2 Å². The Labute approximate surface area is 247 Å². The van der Waals surface area contributed by atoms with E-state index in [1.54, 1.807) is 0 Å². The minimum absolute atomic E-state index is 0.993. The van der Waals surface area contributed by atoms with Gasteiger partial charge in [-0.05, 0) is 77.4 Å². The van der Waals surface area contributed by atoms with Crippen LogP contribution in [-0.4, -0.2) is 4.98 Å². The van der Waals surface area contributed by atoms with Crippen LogP contribution in [0, 0.1) is 0 Å². The van der Waals surface area contributed by atoms with Gasteiger partial charge in [-0.2, -0.15) is 0 Å². The standard InChI is InChI=1S/C40H32N2/c1-3-4-7-15-28(2)32-24-33(29-16-8-5-9-17-29)26-34(25-32)42-37-22-13-12-21-35(37)40-39-31(20-14-23-38(39)42)27-36(41-40)30-18-10-6-11-19-30/h4-27H,3H2,1-2H3/b7-4-,28-15+. The summed E-state index contributed by atoms with van der Waals surface area (Å²) in [6.07, 6.45) is 7.59. The van der Waals surface area contributed by atoms with E-state index >= 15 is 0 Å². The number of hydrogen-bond acceptors (Lipinski definition) is 2. The maximum Gasteiger partial charge on any atom is 0.0830 e. The van der Waals surface area contributed by atoms with Gasteiger partial charge in [-0.3, -0.25) is 0 Å². The van der Waals surface area contributed by atoms with Crippen LogP contribution in [0.4, 0.5) is 17.1 Å². The molecule has 2 heterocycles. The number of pyridine rings is 1. The first kappa shape index (κ1) is 25.7. The maximum atomic E-state index is 5.28. The van der Waals surface area contributed by atoms with Crippen molar-refractivity contribution in [3.8, 4) is 33.6 Å². The Hall–Kier alpha value is -5.21. The van der Waals surface area contributed by atoms with E-state index in [1.165, 1.54) is 33.0 Å². The number of hydrogen-bond donors (Lipinski definition) is 0. The number of allylic oxidation sites excluding steroid dienone is 4. The quantitative estimate of drug-likeness (QED) is 0.195. The lowest BCUT2D eigenvalue weighted by Crippen LogP contribution is -2.16. The second kappa shape index (κ2) is 11.0. The Morgan fingerprint density at radius 1 is 0.690 bits per heavy atom. The van der Waals surface area contributed by atoms with Gasteiger partial charge in [0.25, 0.3) is 0 Å². The van der Waals surface area contributed by atoms with E-state index in [9.17, 15) is 0 Å². The zero-order valence-corrected chi connectivity index (χ0v) is 24.0. The van der Waals surface area contributed by atoms with E-state index in [1.807, 2.05) is 0 Å². The molecule has 0 fully saturated rings. The average Bonchev–Trinajstić information content (AvgIpc) is 3.05. The number of para-hydroxylation sites is 1. The fourth-order valence-corrected chi connectivity index (χ4v) is 5.92. The van der Waals surface area contributed by atoms with Gasteiger partial charge >= 0.3 is 0 Å². The van der Waals surface area contributed by atoms with Gasteiger partial charge in [0.1, 0.15) is 0 Å². The number of aromatic nitrogens is 1. The van der Waals surface area contributed by atoms with Crippen molar-refractivity contribution >= 4 is 33.4 Å². The van der Waals surface area contributed by atoms with Crippen LogP contribution in [0.3, 0.4) is 0 Å². The van der Waals surface area contributed by atoms with Crippen molar-refractivity contribution in [1.29, 1.82) is 0 Å². The molecule has 5 aromatic carbocycles. The molecule has 202 valence electrons. The zero-order chi connectivity index (χ0) is 28.5. The second-order valence-electron chi connectivity index (χ2n) is 10.8. The van der Waals surface area contributed by atoms with Crippen molar-refractivity contribution in [3.63, 3.8) is 0 Å². The maximum absolute atomic E-state index is 5.28. The van der Waals surface area contributed by atoms with Crippen molar-refractivity contribution in [2.24, 2.45) is 0 Å². The van der Waals surface area contributed by atoms with Gasteiger partial charge in [0.2, 0.25) is 0 Å². The largest absolute Gasteiger partial charge is 0.309 e. The Morgan fingerprint density at radius 3 is 2.19 bits per heavy atom. The van der Waals surface area contributed by atoms with Crippen molar-refractivity contribution in [2.45, 2.75) is 20.3 Å². The van der Waals surface area contributed by atoms with Crippen LogP contribution < -0.4 is 4.90 Å². The molecule has 2 nitrogen and oxygen atoms in total. The molecular weight excluding hydrogens is 508 g/mol. The molecule has 0 spiro atoms. The first-order valence-electron chi connectivity index (χ1n) is 14.6. The summed E-state index contributed by atoms with van der Waals surface area (Å²) in [6, 6.07) is 45.6. The molecule has 0 N–H and O–H groups in total. The predicted molar refractivity (Wildman–Crippen MR) is 179 cm³/mol. The molecule has 1 aliphatic rings. The third-order valence-corrected chi connectivity index (χ3v) is 8.00. The van der Waals surface area contributed by atoms with Crippen molar-refractivity contribution in [2.75, 3.05) is 4.90 Å². The minimum atomic E-state index is 0.993. The lowest BCUT2D eigenvalue weighted by molar-refractivity contribution is 1.22. The summed E-state index contributed by atoms with van der Waals surface area (Å²) in [5, 5.41) is 2.37. The fourth-order valence-electron chi connectivity index (χ4n) is 5.92. The lowest BCUT2D eigenvalue weighted by Gasteiger charge is -2.33. The van der Waals surface area contributed by atoms with Gasteiger partial charge in [0.15, 0.2) is 0 Å². The van der Waals surface area contributed by atoms with Crippen LogP contribution in [0.5, 0.6) is 0 Å². The summed E-state index contributed by atoms with van der Waals surface area (Å²) in [7, 11) is 0. The van der Waals surface area contributed by atoms with E-state index in [-0.39, 0.29) is 0 Å². The molecule has 0 amide bonds. The van der Waals surface area contributed by atoms with E-state index in [0.717, 1.165) is 46.0 Å². The Kier molecular flexibility index (Phi) is 6.73. The van der Waals surface area contributed by atoms with E-state index in [2.05, 4.69) is 164 Å². The third kappa shape index (κ3) is 4.61. The SMILES string of the molecule is CC/C=C\C=C(/C)c1cc(-c2ccccc2)cc(N2c3ccccc3-c3nc(-c4ccccc4)cc4cccc2c34)c1. The summed E-state index contributed by atoms with van der Waals surface area (Å²) >= 11 is 0. The zero-order valence-electron chi connectivity index (χ0n) is 24.0. The lowest BCUT2D eigenvalue weighted by atomic mass is 9.92. The van der Waals surface area contributed by atoms with Gasteiger partial charge in [-0.25, -0.2) is 4.98 Å². The summed E-state index contributed by atoms with van der Waals surface area (Å²) in [6.45, 7) is 4.36. The normalized spacial score (nSPS) is 12.6. The number of nitrogens with zero attached hydrogens (tertiary/aromatic N) is 2. The first-order valence-corrected chi connectivity index (χ1v) is 14.6. The van der Waals surface area contributed by atoms with Gasteiger partial charge in [-0.15, -0.1) is 0 Å². The number of fused-ring (bicyclic) bond motifs is 2. The molecule has 2 heteroatoms. The Morgan fingerprint density at radius 2 is 1.40 bits per heavy atom. The molecule has 1 aliphatic heterocycles. The molecule has 0 bridgehead atoms. The molecule has 6 aromatic rings. The smallest absolute Gasteiger partial charge is 0.0830 e. The molecule has 42 heavy (non-hydrogen) atoms. The van der Waals surface area contributed by atoms with Gasteiger partial charge in [-0.1, -0.05) is 116 Å². The second-order valence-corrected chi connectivity index (χ2v) is 10.8. The Bertz CT molecular complexity index is 1970. The van der Waals surface area contributed by atoms with Crippen LogP contribution in [0.15, 0.2) is 146 Å². The molecular formula is C40H32N2. The summed E-state index contributed by atoms with van der Waals surface area (Å²) in [5.74, 6) is 0. The third-order valence-electron chi connectivity index (χ3n) is 8.00. The molecule has 0 atom stereocenters. The molecule has 1 aromatic heterocycles. The van der Waals surface area contributed by atoms with Crippen LogP contribution >= 0.6 is 0 Å². The topological polar surface area (TPSA) is 16.1 Å². The van der Waals surface area contributed by atoms with E-state index in [0.29, 0.717) is 0 Å². The molecule has 0 unspecified atom stereocenters. The molecule has 0 aliphatic carbocycles.